The monoisotopic (exact) mass is 333 g/mol. The normalized spacial score (nSPS) is 13.1. The minimum Gasteiger partial charge on any atom is -0.353 e. The van der Waals surface area contributed by atoms with E-state index in [1.165, 1.54) is 0 Å². The molecule has 0 saturated carbocycles. The molecule has 4 N–H and O–H groups in total. The number of aromatic nitrogens is 4. The number of allylic oxidation sites excluding steroid dienone is 2. The quantitative estimate of drug-likeness (QED) is 0.584. The molecule has 0 bridgehead atoms. The van der Waals surface area contributed by atoms with Gasteiger partial charge < -0.3 is 15.3 Å². The van der Waals surface area contributed by atoms with E-state index in [-0.39, 0.29) is 11.5 Å². The van der Waals surface area contributed by atoms with Crippen LogP contribution in [0.2, 0.25) is 0 Å². The van der Waals surface area contributed by atoms with Crippen LogP contribution in [0.4, 0.5) is 5.69 Å². The molecule has 2 aromatic rings. The van der Waals surface area contributed by atoms with Gasteiger partial charge in [-0.2, -0.15) is 0 Å². The molecule has 0 aliphatic rings. The molecular formula is C16H23N5OS. The zero-order valence-corrected chi connectivity index (χ0v) is 14.5. The molecule has 6 nitrogen and oxygen atoms in total. The fourth-order valence-corrected chi connectivity index (χ4v) is 2.65. The van der Waals surface area contributed by atoms with Gasteiger partial charge in [-0.3, -0.25) is 9.78 Å². The first-order valence-corrected chi connectivity index (χ1v) is 8.19. The van der Waals surface area contributed by atoms with Crippen molar-refractivity contribution in [3.8, 4) is 0 Å². The summed E-state index contributed by atoms with van der Waals surface area (Å²) in [4.78, 5) is 24.9. The van der Waals surface area contributed by atoms with Crippen LogP contribution in [0, 0.1) is 17.6 Å². The molecule has 2 heterocycles. The second kappa shape index (κ2) is 7.92. The Morgan fingerprint density at radius 2 is 2.26 bits per heavy atom. The average Bonchev–Trinajstić information content (AvgIpc) is 2.98. The Labute approximate surface area is 140 Å². The largest absolute Gasteiger partial charge is 0.353 e. The average molecular weight is 333 g/mol. The summed E-state index contributed by atoms with van der Waals surface area (Å²) >= 11 is 4.99. The number of aryl methyl sites for hydroxylation is 1. The van der Waals surface area contributed by atoms with E-state index in [9.17, 15) is 4.79 Å². The van der Waals surface area contributed by atoms with Gasteiger partial charge in [0, 0.05) is 29.2 Å². The fourth-order valence-electron chi connectivity index (χ4n) is 2.41. The Morgan fingerprint density at radius 1 is 1.48 bits per heavy atom. The van der Waals surface area contributed by atoms with Crippen LogP contribution in [0.25, 0.3) is 0 Å². The number of aromatic amines is 3. The highest BCUT2D eigenvalue weighted by Crippen LogP contribution is 2.19. The van der Waals surface area contributed by atoms with Crippen molar-refractivity contribution in [3.05, 3.63) is 50.8 Å². The molecule has 23 heavy (non-hydrogen) atoms. The van der Waals surface area contributed by atoms with Crippen LogP contribution in [0.3, 0.4) is 0 Å². The van der Waals surface area contributed by atoms with Crippen LogP contribution in [0.15, 0.2) is 29.1 Å². The number of imidazole rings is 1. The molecule has 124 valence electrons. The van der Waals surface area contributed by atoms with Gasteiger partial charge in [-0.1, -0.05) is 26.3 Å². The minimum atomic E-state index is -0.206. The summed E-state index contributed by atoms with van der Waals surface area (Å²) in [5.41, 5.74) is 3.13. The Kier molecular flexibility index (Phi) is 5.92. The van der Waals surface area contributed by atoms with Crippen molar-refractivity contribution in [2.75, 3.05) is 5.32 Å². The number of rotatable bonds is 7. The SMILES string of the molecule is CCC/C=C(/Nc1c(C)[nH]c(=S)[nH]c1=O)[C@@H](C)Cc1cnc[nH]1. The molecule has 0 fully saturated rings. The van der Waals surface area contributed by atoms with Gasteiger partial charge in [-0.25, -0.2) is 4.98 Å². The standard InChI is InChI=1S/C16H23N5OS/c1-4-5-6-13(10(2)7-12-8-17-9-18-12)20-14-11(3)19-16(23)21-15(14)22/h6,8-10,20H,4-5,7H2,1-3H3,(H,17,18)(H2,19,21,22,23)/b13-6+/t10-/m0/s1. The highest BCUT2D eigenvalue weighted by atomic mass is 32.1. The van der Waals surface area contributed by atoms with E-state index in [2.05, 4.69) is 45.2 Å². The lowest BCUT2D eigenvalue weighted by molar-refractivity contribution is 0.664. The molecular weight excluding hydrogens is 310 g/mol. The number of anilines is 1. The van der Waals surface area contributed by atoms with Crippen LogP contribution in [0.5, 0.6) is 0 Å². The summed E-state index contributed by atoms with van der Waals surface area (Å²) in [6.45, 7) is 6.10. The summed E-state index contributed by atoms with van der Waals surface area (Å²) in [5.74, 6) is 0.226. The third kappa shape index (κ3) is 4.66. The third-order valence-corrected chi connectivity index (χ3v) is 3.87. The Hall–Kier alpha value is -2.15. The second-order valence-corrected chi connectivity index (χ2v) is 6.07. The second-order valence-electron chi connectivity index (χ2n) is 5.66. The van der Waals surface area contributed by atoms with Crippen molar-refractivity contribution < 1.29 is 0 Å². The minimum absolute atomic E-state index is 0.206. The molecule has 7 heteroatoms. The summed E-state index contributed by atoms with van der Waals surface area (Å²) in [7, 11) is 0. The Morgan fingerprint density at radius 3 is 2.87 bits per heavy atom. The Bertz CT molecular complexity index is 773. The zero-order chi connectivity index (χ0) is 16.8. The zero-order valence-electron chi connectivity index (χ0n) is 13.7. The van der Waals surface area contributed by atoms with E-state index >= 15 is 0 Å². The highest BCUT2D eigenvalue weighted by Gasteiger charge is 2.14. The molecule has 2 rings (SSSR count). The van der Waals surface area contributed by atoms with Crippen LogP contribution < -0.4 is 10.9 Å². The molecule has 0 saturated heterocycles. The van der Waals surface area contributed by atoms with Crippen molar-refractivity contribution in [2.45, 2.75) is 40.0 Å². The summed E-state index contributed by atoms with van der Waals surface area (Å²) in [6.07, 6.45) is 8.48. The topological polar surface area (TPSA) is 89.4 Å². The van der Waals surface area contributed by atoms with Gasteiger partial charge in [0.05, 0.1) is 6.33 Å². The van der Waals surface area contributed by atoms with Gasteiger partial charge >= 0.3 is 0 Å². The smallest absolute Gasteiger partial charge is 0.275 e. The lowest BCUT2D eigenvalue weighted by atomic mass is 10.00. The van der Waals surface area contributed by atoms with E-state index in [0.29, 0.717) is 10.5 Å². The Balaban J connectivity index is 2.26. The number of H-pyrrole nitrogens is 3. The molecule has 0 aromatic carbocycles. The van der Waals surface area contributed by atoms with Crippen LogP contribution in [-0.4, -0.2) is 19.9 Å². The van der Waals surface area contributed by atoms with Crippen molar-refractivity contribution >= 4 is 17.9 Å². The maximum absolute atomic E-state index is 12.2. The molecule has 0 radical (unpaired) electrons. The van der Waals surface area contributed by atoms with Gasteiger partial charge in [0.2, 0.25) is 0 Å². The maximum atomic E-state index is 12.2. The summed E-state index contributed by atoms with van der Waals surface area (Å²) in [5, 5.41) is 3.30. The predicted octanol–water partition coefficient (Wildman–Crippen LogP) is 3.44. The van der Waals surface area contributed by atoms with E-state index in [0.717, 1.165) is 36.3 Å². The first-order chi connectivity index (χ1) is 11.0. The number of unbranched alkanes of at least 4 members (excludes halogenated alkanes) is 1. The van der Waals surface area contributed by atoms with Gasteiger partial charge in [0.1, 0.15) is 5.69 Å². The number of hydrogen-bond acceptors (Lipinski definition) is 4. The number of nitrogens with one attached hydrogen (secondary N) is 4. The van der Waals surface area contributed by atoms with E-state index in [1.54, 1.807) is 6.33 Å². The molecule has 0 amide bonds. The van der Waals surface area contributed by atoms with Gasteiger partial charge in [0.25, 0.3) is 5.56 Å². The number of hydrogen-bond donors (Lipinski definition) is 4. The number of nitrogens with zero attached hydrogens (tertiary/aromatic N) is 1. The van der Waals surface area contributed by atoms with E-state index in [1.807, 2.05) is 13.1 Å². The molecule has 1 atom stereocenters. The predicted molar refractivity (Wildman–Crippen MR) is 95.1 cm³/mol. The fraction of sp³-hybridized carbons (Fsp3) is 0.438. The van der Waals surface area contributed by atoms with Gasteiger partial charge in [0.15, 0.2) is 4.77 Å². The van der Waals surface area contributed by atoms with Crippen LogP contribution >= 0.6 is 12.2 Å². The van der Waals surface area contributed by atoms with Crippen LogP contribution in [0.1, 0.15) is 38.1 Å². The first-order valence-electron chi connectivity index (χ1n) is 7.78. The van der Waals surface area contributed by atoms with Crippen LogP contribution in [-0.2, 0) is 6.42 Å². The van der Waals surface area contributed by atoms with E-state index in [4.69, 9.17) is 12.2 Å². The molecule has 0 unspecified atom stereocenters. The lowest BCUT2D eigenvalue weighted by Gasteiger charge is -2.18. The molecule has 0 aliphatic heterocycles. The molecule has 0 spiro atoms. The van der Waals surface area contributed by atoms with Crippen molar-refractivity contribution in [1.29, 1.82) is 0 Å². The van der Waals surface area contributed by atoms with Crippen molar-refractivity contribution in [1.82, 2.24) is 19.9 Å². The van der Waals surface area contributed by atoms with Crippen molar-refractivity contribution in [3.63, 3.8) is 0 Å². The maximum Gasteiger partial charge on any atom is 0.275 e. The van der Waals surface area contributed by atoms with E-state index < -0.39 is 0 Å². The van der Waals surface area contributed by atoms with Gasteiger partial charge in [-0.05, 0) is 32.0 Å². The highest BCUT2D eigenvalue weighted by molar-refractivity contribution is 7.71. The summed E-state index contributed by atoms with van der Waals surface area (Å²) < 4.78 is 0.336. The molecule has 2 aromatic heterocycles. The third-order valence-electron chi connectivity index (χ3n) is 3.66. The first kappa shape index (κ1) is 17.2. The lowest BCUT2D eigenvalue weighted by Crippen LogP contribution is -2.20. The summed E-state index contributed by atoms with van der Waals surface area (Å²) in [6, 6.07) is 0. The molecule has 0 aliphatic carbocycles. The van der Waals surface area contributed by atoms with Gasteiger partial charge in [-0.15, -0.1) is 0 Å². The van der Waals surface area contributed by atoms with Crippen molar-refractivity contribution in [2.24, 2.45) is 5.92 Å².